The number of halogens is 1. The molecule has 0 saturated carbocycles. The number of hydrogen-bond acceptors (Lipinski definition) is 3. The van der Waals surface area contributed by atoms with Crippen LogP contribution < -0.4 is 5.73 Å². The number of hydrogen-bond donors (Lipinski definition) is 1. The van der Waals surface area contributed by atoms with Gasteiger partial charge in [0.25, 0.3) is 0 Å². The van der Waals surface area contributed by atoms with E-state index in [0.717, 1.165) is 29.9 Å². The summed E-state index contributed by atoms with van der Waals surface area (Å²) >= 11 is 7.48. The van der Waals surface area contributed by atoms with E-state index in [9.17, 15) is 0 Å². The largest absolute Gasteiger partial charge is 0.330 e. The second kappa shape index (κ2) is 4.26. The summed E-state index contributed by atoms with van der Waals surface area (Å²) in [7, 11) is 0. The van der Waals surface area contributed by atoms with Crippen LogP contribution in [0.15, 0.2) is 18.2 Å². The predicted molar refractivity (Wildman–Crippen MR) is 62.0 cm³/mol. The van der Waals surface area contributed by atoms with Crippen LogP contribution in [0.2, 0.25) is 5.02 Å². The van der Waals surface area contributed by atoms with Crippen LogP contribution >= 0.6 is 23.1 Å². The molecule has 0 spiro atoms. The molecule has 0 unspecified atom stereocenters. The quantitative estimate of drug-likeness (QED) is 0.874. The van der Waals surface area contributed by atoms with Crippen molar-refractivity contribution >= 4 is 34.0 Å². The van der Waals surface area contributed by atoms with Gasteiger partial charge in [0, 0.05) is 15.3 Å². The van der Waals surface area contributed by atoms with E-state index in [1.165, 1.54) is 10.3 Å². The zero-order valence-electron chi connectivity index (χ0n) is 7.66. The highest BCUT2D eigenvalue weighted by Crippen LogP contribution is 2.26. The Morgan fingerprint density at radius 1 is 1.43 bits per heavy atom. The Kier molecular flexibility index (Phi) is 3.01. The fraction of sp³-hybridized carbons (Fsp3) is 0.300. The van der Waals surface area contributed by atoms with Gasteiger partial charge in [-0.05, 0) is 49.1 Å². The van der Waals surface area contributed by atoms with Crippen LogP contribution in [0, 0.1) is 0 Å². The Labute approximate surface area is 91.9 Å². The van der Waals surface area contributed by atoms with Crippen molar-refractivity contribution in [2.45, 2.75) is 12.8 Å². The van der Waals surface area contributed by atoms with E-state index in [4.69, 9.17) is 17.3 Å². The Morgan fingerprint density at radius 2 is 2.29 bits per heavy atom. The van der Waals surface area contributed by atoms with Crippen molar-refractivity contribution < 1.29 is 0 Å². The lowest BCUT2D eigenvalue weighted by molar-refractivity contribution is 0.846. The number of nitrogens with zero attached hydrogens (tertiary/aromatic N) is 1. The molecule has 0 aliphatic rings. The molecule has 2 rings (SSSR count). The highest BCUT2D eigenvalue weighted by molar-refractivity contribution is 7.07. The van der Waals surface area contributed by atoms with E-state index < -0.39 is 0 Å². The first-order chi connectivity index (χ1) is 6.81. The van der Waals surface area contributed by atoms with E-state index in [1.54, 1.807) is 11.5 Å². The molecule has 0 aliphatic heterocycles. The zero-order chi connectivity index (χ0) is 9.97. The minimum absolute atomic E-state index is 0.722. The lowest BCUT2D eigenvalue weighted by Gasteiger charge is -1.96. The van der Waals surface area contributed by atoms with Gasteiger partial charge in [0.15, 0.2) is 0 Å². The molecule has 0 amide bonds. The summed E-state index contributed by atoms with van der Waals surface area (Å²) in [4.78, 5) is 1.29. The van der Waals surface area contributed by atoms with E-state index in [-0.39, 0.29) is 0 Å². The molecule has 1 aromatic carbocycles. The summed E-state index contributed by atoms with van der Waals surface area (Å²) in [5, 5.41) is 1.95. The maximum absolute atomic E-state index is 5.93. The molecular weight excluding hydrogens is 216 g/mol. The van der Waals surface area contributed by atoms with Crippen molar-refractivity contribution in [3.8, 4) is 0 Å². The lowest BCUT2D eigenvalue weighted by atomic mass is 10.1. The third-order valence-corrected chi connectivity index (χ3v) is 3.29. The molecule has 2 N–H and O–H groups in total. The van der Waals surface area contributed by atoms with Crippen LogP contribution in [0.1, 0.15) is 11.3 Å². The molecule has 4 heteroatoms. The predicted octanol–water partition coefficient (Wildman–Crippen LogP) is 2.84. The van der Waals surface area contributed by atoms with Crippen LogP contribution in [0.25, 0.3) is 10.9 Å². The molecule has 1 heterocycles. The van der Waals surface area contributed by atoms with E-state index in [1.807, 2.05) is 18.2 Å². The van der Waals surface area contributed by atoms with Gasteiger partial charge in [0.1, 0.15) is 0 Å². The van der Waals surface area contributed by atoms with Gasteiger partial charge in [-0.1, -0.05) is 11.6 Å². The minimum Gasteiger partial charge on any atom is -0.330 e. The fourth-order valence-electron chi connectivity index (χ4n) is 1.41. The number of rotatable bonds is 3. The van der Waals surface area contributed by atoms with Gasteiger partial charge in [-0.25, -0.2) is 0 Å². The number of nitrogens with two attached hydrogens (primary N) is 1. The van der Waals surface area contributed by atoms with E-state index >= 15 is 0 Å². The number of aromatic nitrogens is 1. The molecule has 74 valence electrons. The Morgan fingerprint density at radius 3 is 3.07 bits per heavy atom. The molecule has 0 aliphatic carbocycles. The number of fused-ring (bicyclic) bond motifs is 1. The van der Waals surface area contributed by atoms with Crippen LogP contribution in [0.4, 0.5) is 0 Å². The van der Waals surface area contributed by atoms with Crippen molar-refractivity contribution in [1.29, 1.82) is 0 Å². The summed E-state index contributed by atoms with van der Waals surface area (Å²) in [6.45, 7) is 0.722. The van der Waals surface area contributed by atoms with Crippen molar-refractivity contribution in [1.82, 2.24) is 4.37 Å². The van der Waals surface area contributed by atoms with Crippen LogP contribution in [-0.2, 0) is 6.42 Å². The molecule has 0 bridgehead atoms. The van der Waals surface area contributed by atoms with Gasteiger partial charge < -0.3 is 5.73 Å². The second-order valence-corrected chi connectivity index (χ2v) is 4.45. The highest BCUT2D eigenvalue weighted by atomic mass is 35.5. The number of benzene rings is 1. The average molecular weight is 227 g/mol. The third-order valence-electron chi connectivity index (χ3n) is 2.12. The van der Waals surface area contributed by atoms with Gasteiger partial charge in [0.2, 0.25) is 0 Å². The second-order valence-electron chi connectivity index (χ2n) is 3.16. The number of aryl methyl sites for hydroxylation is 1. The first-order valence-electron chi connectivity index (χ1n) is 4.55. The molecule has 0 saturated heterocycles. The molecule has 2 aromatic rings. The third kappa shape index (κ3) is 1.90. The minimum atomic E-state index is 0.722. The van der Waals surface area contributed by atoms with Crippen molar-refractivity contribution in [3.05, 3.63) is 28.1 Å². The van der Waals surface area contributed by atoms with Gasteiger partial charge in [-0.3, -0.25) is 0 Å². The average Bonchev–Trinajstić information content (AvgIpc) is 2.57. The van der Waals surface area contributed by atoms with Crippen molar-refractivity contribution in [2.24, 2.45) is 5.73 Å². The lowest BCUT2D eigenvalue weighted by Crippen LogP contribution is -1.99. The first kappa shape index (κ1) is 9.90. The molecule has 1 aromatic heterocycles. The zero-order valence-corrected chi connectivity index (χ0v) is 9.24. The highest BCUT2D eigenvalue weighted by Gasteiger charge is 2.05. The smallest absolute Gasteiger partial charge is 0.0844 e. The van der Waals surface area contributed by atoms with Gasteiger partial charge in [0.05, 0.1) is 5.52 Å². The maximum Gasteiger partial charge on any atom is 0.0844 e. The summed E-state index contributed by atoms with van der Waals surface area (Å²) in [5.74, 6) is 0. The van der Waals surface area contributed by atoms with E-state index in [0.29, 0.717) is 0 Å². The van der Waals surface area contributed by atoms with Crippen molar-refractivity contribution in [2.75, 3.05) is 6.54 Å². The van der Waals surface area contributed by atoms with Crippen LogP contribution in [-0.4, -0.2) is 10.9 Å². The van der Waals surface area contributed by atoms with Gasteiger partial charge >= 0.3 is 0 Å². The summed E-state index contributed by atoms with van der Waals surface area (Å²) in [6, 6.07) is 5.81. The Balaban J connectivity index is 2.40. The monoisotopic (exact) mass is 226 g/mol. The van der Waals surface area contributed by atoms with Gasteiger partial charge in [-0.2, -0.15) is 4.37 Å². The molecule has 0 radical (unpaired) electrons. The molecule has 0 atom stereocenters. The van der Waals surface area contributed by atoms with E-state index in [2.05, 4.69) is 4.37 Å². The van der Waals surface area contributed by atoms with Crippen molar-refractivity contribution in [3.63, 3.8) is 0 Å². The normalized spacial score (nSPS) is 11.0. The summed E-state index contributed by atoms with van der Waals surface area (Å²) in [6.07, 6.45) is 2.00. The summed E-state index contributed by atoms with van der Waals surface area (Å²) in [5.41, 5.74) is 6.51. The molecule has 14 heavy (non-hydrogen) atoms. The maximum atomic E-state index is 5.93. The topological polar surface area (TPSA) is 38.9 Å². The summed E-state index contributed by atoms with van der Waals surface area (Å²) < 4.78 is 4.35. The molecule has 0 fully saturated rings. The van der Waals surface area contributed by atoms with Crippen LogP contribution in [0.5, 0.6) is 0 Å². The fourth-order valence-corrected chi connectivity index (χ4v) is 2.44. The molecule has 2 nitrogen and oxygen atoms in total. The molecular formula is C10H11ClN2S. The van der Waals surface area contributed by atoms with Crippen LogP contribution in [0.3, 0.4) is 0 Å². The Hall–Kier alpha value is -0.640. The standard InChI is InChI=1S/C10H11ClN2S/c11-7-3-4-9-8(6-7)10(14-13-9)2-1-5-12/h3-4,6H,1-2,5,12H2. The van der Waals surface area contributed by atoms with Gasteiger partial charge in [-0.15, -0.1) is 0 Å². The first-order valence-corrected chi connectivity index (χ1v) is 5.70. The Bertz CT molecular complexity index is 439. The SMILES string of the molecule is NCCCc1snc2ccc(Cl)cc12.